The Kier molecular flexibility index (Phi) is 5.69. The number of carbonyl (C=O) groups excluding carboxylic acids is 1. The summed E-state index contributed by atoms with van der Waals surface area (Å²) in [7, 11) is 0. The summed E-state index contributed by atoms with van der Waals surface area (Å²) in [6.45, 7) is 4.33. The normalized spacial score (nSPS) is 11.2. The average Bonchev–Trinajstić information content (AvgIpc) is 3.38. The van der Waals surface area contributed by atoms with Crippen molar-refractivity contribution in [3.05, 3.63) is 80.8 Å². The van der Waals surface area contributed by atoms with E-state index in [4.69, 9.17) is 9.40 Å². The Morgan fingerprint density at radius 3 is 2.72 bits per heavy atom. The summed E-state index contributed by atoms with van der Waals surface area (Å²) in [6.07, 6.45) is 2.44. The molecule has 0 saturated carbocycles. The van der Waals surface area contributed by atoms with Crippen LogP contribution in [0.2, 0.25) is 0 Å². The van der Waals surface area contributed by atoms with Crippen LogP contribution < -0.4 is 5.56 Å². The van der Waals surface area contributed by atoms with Crippen molar-refractivity contribution in [2.45, 2.75) is 32.0 Å². The van der Waals surface area contributed by atoms with Crippen molar-refractivity contribution in [3.63, 3.8) is 0 Å². The molecule has 0 atom stereocenters. The molecule has 0 N–H and O–H groups in total. The number of rotatable bonds is 7. The minimum absolute atomic E-state index is 0.00863. The summed E-state index contributed by atoms with van der Waals surface area (Å²) in [6, 6.07) is 13.0. The van der Waals surface area contributed by atoms with Crippen LogP contribution in [0, 0.1) is 6.92 Å². The molecule has 4 aromatic rings. The van der Waals surface area contributed by atoms with E-state index in [9.17, 15) is 9.59 Å². The number of thiophene rings is 1. The monoisotopic (exact) mass is 424 g/mol. The molecule has 4 rings (SSSR count). The number of thioether (sulfide) groups is 1. The van der Waals surface area contributed by atoms with Crippen LogP contribution in [0.15, 0.2) is 63.1 Å². The van der Waals surface area contributed by atoms with Gasteiger partial charge < -0.3 is 4.42 Å². The molecule has 0 aliphatic heterocycles. The first-order valence-electron chi connectivity index (χ1n) is 9.33. The molecule has 0 unspecified atom stereocenters. The van der Waals surface area contributed by atoms with Gasteiger partial charge in [-0.2, -0.15) is 0 Å². The number of fused-ring (bicyclic) bond motifs is 1. The second kappa shape index (κ2) is 8.39. The summed E-state index contributed by atoms with van der Waals surface area (Å²) in [5.74, 6) is 0.894. The van der Waals surface area contributed by atoms with Gasteiger partial charge >= 0.3 is 0 Å². The molecule has 148 valence electrons. The van der Waals surface area contributed by atoms with E-state index in [2.05, 4.69) is 6.92 Å². The van der Waals surface area contributed by atoms with Crippen molar-refractivity contribution < 1.29 is 9.21 Å². The van der Waals surface area contributed by atoms with E-state index >= 15 is 0 Å². The predicted molar refractivity (Wildman–Crippen MR) is 117 cm³/mol. The highest BCUT2D eigenvalue weighted by molar-refractivity contribution is 7.99. The van der Waals surface area contributed by atoms with Crippen LogP contribution in [0.1, 0.15) is 33.5 Å². The predicted octanol–water partition coefficient (Wildman–Crippen LogP) is 4.95. The Morgan fingerprint density at radius 1 is 1.24 bits per heavy atom. The lowest BCUT2D eigenvalue weighted by molar-refractivity contribution is 0.102. The van der Waals surface area contributed by atoms with Crippen molar-refractivity contribution in [3.8, 4) is 0 Å². The molecule has 0 radical (unpaired) electrons. The molecule has 0 spiro atoms. The highest BCUT2D eigenvalue weighted by Gasteiger charge is 2.17. The number of hydrogen-bond acceptors (Lipinski definition) is 6. The van der Waals surface area contributed by atoms with Crippen molar-refractivity contribution in [2.75, 3.05) is 5.75 Å². The summed E-state index contributed by atoms with van der Waals surface area (Å²) in [4.78, 5) is 32.3. The Bertz CT molecular complexity index is 1210. The maximum absolute atomic E-state index is 13.1. The lowest BCUT2D eigenvalue weighted by Gasteiger charge is -2.10. The third-order valence-corrected chi connectivity index (χ3v) is 6.77. The Labute approximate surface area is 176 Å². The second-order valence-corrected chi connectivity index (χ2v) is 8.79. The van der Waals surface area contributed by atoms with E-state index in [1.807, 2.05) is 43.3 Å². The number of aromatic nitrogens is 2. The Hall–Kier alpha value is -2.64. The van der Waals surface area contributed by atoms with Crippen LogP contribution in [0.4, 0.5) is 0 Å². The fourth-order valence-electron chi connectivity index (χ4n) is 2.98. The molecule has 29 heavy (non-hydrogen) atoms. The SMILES string of the molecule is CCc1cc2c(=O)n(Cc3ccco3)c(SCC(=O)c3ccc(C)cc3)nc2s1. The van der Waals surface area contributed by atoms with E-state index < -0.39 is 0 Å². The van der Waals surface area contributed by atoms with Gasteiger partial charge in [0.1, 0.15) is 10.6 Å². The first-order valence-corrected chi connectivity index (χ1v) is 11.1. The lowest BCUT2D eigenvalue weighted by atomic mass is 10.1. The van der Waals surface area contributed by atoms with Crippen molar-refractivity contribution in [2.24, 2.45) is 0 Å². The van der Waals surface area contributed by atoms with Gasteiger partial charge in [0.25, 0.3) is 5.56 Å². The smallest absolute Gasteiger partial charge is 0.263 e. The van der Waals surface area contributed by atoms with Gasteiger partial charge in [-0.1, -0.05) is 48.5 Å². The van der Waals surface area contributed by atoms with Gasteiger partial charge in [0.15, 0.2) is 10.9 Å². The van der Waals surface area contributed by atoms with E-state index in [0.717, 1.165) is 16.9 Å². The first-order chi connectivity index (χ1) is 14.0. The number of benzene rings is 1. The summed E-state index contributed by atoms with van der Waals surface area (Å²) >= 11 is 2.82. The molecule has 0 saturated heterocycles. The van der Waals surface area contributed by atoms with Gasteiger partial charge in [0.05, 0.1) is 23.9 Å². The quantitative estimate of drug-likeness (QED) is 0.239. The number of aryl methyl sites for hydroxylation is 2. The van der Waals surface area contributed by atoms with Crippen LogP contribution >= 0.6 is 23.1 Å². The number of hydrogen-bond donors (Lipinski definition) is 0. The van der Waals surface area contributed by atoms with E-state index in [0.29, 0.717) is 26.7 Å². The number of carbonyl (C=O) groups is 1. The fraction of sp³-hybridized carbons (Fsp3) is 0.227. The third-order valence-electron chi connectivity index (χ3n) is 4.62. The minimum Gasteiger partial charge on any atom is -0.467 e. The zero-order chi connectivity index (χ0) is 20.4. The van der Waals surface area contributed by atoms with Gasteiger partial charge in [0.2, 0.25) is 0 Å². The number of ketones is 1. The van der Waals surface area contributed by atoms with Gasteiger partial charge in [-0.05, 0) is 31.5 Å². The Morgan fingerprint density at radius 2 is 2.03 bits per heavy atom. The summed E-state index contributed by atoms with van der Waals surface area (Å²) in [5.41, 5.74) is 1.67. The number of furan rings is 1. The summed E-state index contributed by atoms with van der Waals surface area (Å²) < 4.78 is 7.03. The fourth-order valence-corrected chi connectivity index (χ4v) is 4.88. The van der Waals surface area contributed by atoms with Crippen LogP contribution in [0.5, 0.6) is 0 Å². The molecule has 0 aliphatic rings. The maximum atomic E-state index is 13.1. The molecule has 3 aromatic heterocycles. The minimum atomic E-state index is -0.104. The first kappa shape index (κ1) is 19.7. The standard InChI is InChI=1S/C22H20N2O3S2/c1-3-17-11-18-20(29-17)23-22(24(21(18)26)12-16-5-4-10-27-16)28-13-19(25)15-8-6-14(2)7-9-15/h4-11H,3,12-13H2,1-2H3. The zero-order valence-corrected chi connectivity index (χ0v) is 17.8. The maximum Gasteiger partial charge on any atom is 0.263 e. The van der Waals surface area contributed by atoms with Crippen LogP contribution in [-0.4, -0.2) is 21.1 Å². The van der Waals surface area contributed by atoms with E-state index in [1.54, 1.807) is 16.9 Å². The number of nitrogens with zero attached hydrogens (tertiary/aromatic N) is 2. The van der Waals surface area contributed by atoms with Gasteiger partial charge in [-0.25, -0.2) is 4.98 Å². The van der Waals surface area contributed by atoms with Crippen LogP contribution in [-0.2, 0) is 13.0 Å². The molecule has 0 bridgehead atoms. The topological polar surface area (TPSA) is 65.1 Å². The van der Waals surface area contributed by atoms with E-state index in [-0.39, 0.29) is 23.6 Å². The molecular formula is C22H20N2O3S2. The van der Waals surface area contributed by atoms with Crippen molar-refractivity contribution >= 4 is 39.1 Å². The molecule has 0 aliphatic carbocycles. The molecule has 0 amide bonds. The molecule has 3 heterocycles. The third kappa shape index (κ3) is 4.21. The van der Waals surface area contributed by atoms with E-state index in [1.165, 1.54) is 23.1 Å². The second-order valence-electron chi connectivity index (χ2n) is 6.73. The van der Waals surface area contributed by atoms with Crippen LogP contribution in [0.25, 0.3) is 10.2 Å². The highest BCUT2D eigenvalue weighted by atomic mass is 32.2. The highest BCUT2D eigenvalue weighted by Crippen LogP contribution is 2.26. The van der Waals surface area contributed by atoms with Crippen molar-refractivity contribution in [1.82, 2.24) is 9.55 Å². The number of Topliss-reactive ketones (excluding diaryl/α,β-unsaturated/α-hetero) is 1. The molecule has 7 heteroatoms. The Balaban J connectivity index is 1.68. The molecule has 5 nitrogen and oxygen atoms in total. The molecular weight excluding hydrogens is 404 g/mol. The lowest BCUT2D eigenvalue weighted by Crippen LogP contribution is -2.23. The molecule has 1 aromatic carbocycles. The zero-order valence-electron chi connectivity index (χ0n) is 16.2. The molecule has 0 fully saturated rings. The average molecular weight is 425 g/mol. The van der Waals surface area contributed by atoms with Crippen molar-refractivity contribution in [1.29, 1.82) is 0 Å². The van der Waals surface area contributed by atoms with Gasteiger partial charge in [0, 0.05) is 10.4 Å². The largest absolute Gasteiger partial charge is 0.467 e. The van der Waals surface area contributed by atoms with Gasteiger partial charge in [-0.3, -0.25) is 14.2 Å². The van der Waals surface area contributed by atoms with Gasteiger partial charge in [-0.15, -0.1) is 11.3 Å². The van der Waals surface area contributed by atoms with Crippen LogP contribution in [0.3, 0.4) is 0 Å². The summed E-state index contributed by atoms with van der Waals surface area (Å²) in [5, 5.41) is 1.15.